The molecule has 1 heterocycles. The van der Waals surface area contributed by atoms with Crippen LogP contribution in [0.15, 0.2) is 42.5 Å². The quantitative estimate of drug-likeness (QED) is 0.652. The Morgan fingerprint density at radius 3 is 2.26 bits per heavy atom. The average molecular weight is 400 g/mol. The van der Waals surface area contributed by atoms with E-state index in [4.69, 9.17) is 38.4 Å². The fourth-order valence-electron chi connectivity index (χ4n) is 2.72. The molecule has 3 rings (SSSR count). The van der Waals surface area contributed by atoms with Crippen LogP contribution in [0.5, 0.6) is 11.5 Å². The highest BCUT2D eigenvalue weighted by Crippen LogP contribution is 2.36. The van der Waals surface area contributed by atoms with E-state index in [-0.39, 0.29) is 11.4 Å². The number of pyridine rings is 1. The van der Waals surface area contributed by atoms with Crippen molar-refractivity contribution in [1.29, 1.82) is 5.26 Å². The molecule has 2 aromatic carbocycles. The summed E-state index contributed by atoms with van der Waals surface area (Å²) in [5.41, 5.74) is 9.03. The minimum absolute atomic E-state index is 0.130. The molecule has 136 valence electrons. The first-order valence-corrected chi connectivity index (χ1v) is 8.62. The fourth-order valence-corrected chi connectivity index (χ4v) is 3.02. The molecule has 0 amide bonds. The molecule has 0 spiro atoms. The van der Waals surface area contributed by atoms with Gasteiger partial charge in [0.05, 0.1) is 30.0 Å². The number of benzene rings is 2. The van der Waals surface area contributed by atoms with Gasteiger partial charge in [-0.2, -0.15) is 5.26 Å². The Kier molecular flexibility index (Phi) is 5.41. The van der Waals surface area contributed by atoms with Gasteiger partial charge in [-0.1, -0.05) is 29.3 Å². The first-order chi connectivity index (χ1) is 13.0. The maximum absolute atomic E-state index is 9.53. The van der Waals surface area contributed by atoms with E-state index in [1.807, 2.05) is 6.07 Å². The summed E-state index contributed by atoms with van der Waals surface area (Å²) in [6, 6.07) is 14.5. The van der Waals surface area contributed by atoms with Crippen molar-refractivity contribution in [3.8, 4) is 40.0 Å². The summed E-state index contributed by atoms with van der Waals surface area (Å²) >= 11 is 12.1. The van der Waals surface area contributed by atoms with Crippen LogP contribution >= 0.6 is 23.2 Å². The number of rotatable bonds is 4. The van der Waals surface area contributed by atoms with E-state index in [0.29, 0.717) is 32.8 Å². The largest absolute Gasteiger partial charge is 0.493 e. The van der Waals surface area contributed by atoms with Gasteiger partial charge >= 0.3 is 0 Å². The smallest absolute Gasteiger partial charge is 0.161 e. The van der Waals surface area contributed by atoms with Crippen LogP contribution in [0.3, 0.4) is 0 Å². The van der Waals surface area contributed by atoms with E-state index in [9.17, 15) is 5.26 Å². The number of ether oxygens (including phenoxy) is 2. The molecule has 0 atom stereocenters. The summed E-state index contributed by atoms with van der Waals surface area (Å²) in [7, 11) is 3.13. The van der Waals surface area contributed by atoms with Crippen LogP contribution in [0.25, 0.3) is 22.4 Å². The first kappa shape index (κ1) is 18.8. The van der Waals surface area contributed by atoms with Gasteiger partial charge in [-0.15, -0.1) is 0 Å². The minimum Gasteiger partial charge on any atom is -0.493 e. The number of aromatic nitrogens is 1. The highest BCUT2D eigenvalue weighted by Gasteiger charge is 2.15. The zero-order valence-corrected chi connectivity index (χ0v) is 16.1. The van der Waals surface area contributed by atoms with Gasteiger partial charge in [-0.25, -0.2) is 4.98 Å². The number of hydrogen-bond donors (Lipinski definition) is 1. The second-order valence-corrected chi connectivity index (χ2v) is 6.44. The maximum atomic E-state index is 9.53. The molecule has 0 radical (unpaired) electrons. The molecule has 0 aliphatic heterocycles. The van der Waals surface area contributed by atoms with Gasteiger partial charge in [0.2, 0.25) is 0 Å². The molecule has 3 aromatic rings. The monoisotopic (exact) mass is 399 g/mol. The molecular formula is C20H15Cl2N3O2. The molecule has 0 bridgehead atoms. The second kappa shape index (κ2) is 7.75. The van der Waals surface area contributed by atoms with Crippen molar-refractivity contribution in [2.24, 2.45) is 0 Å². The first-order valence-electron chi connectivity index (χ1n) is 7.87. The fraction of sp³-hybridized carbons (Fsp3) is 0.100. The van der Waals surface area contributed by atoms with Crippen LogP contribution < -0.4 is 15.2 Å². The highest BCUT2D eigenvalue weighted by molar-refractivity contribution is 6.42. The number of halogens is 2. The lowest BCUT2D eigenvalue weighted by molar-refractivity contribution is 0.355. The number of hydrogen-bond acceptors (Lipinski definition) is 5. The predicted octanol–water partition coefficient (Wildman–Crippen LogP) is 5.19. The van der Waals surface area contributed by atoms with Gasteiger partial charge in [-0.05, 0) is 42.0 Å². The van der Waals surface area contributed by atoms with Crippen LogP contribution in [0.2, 0.25) is 10.0 Å². The Morgan fingerprint density at radius 1 is 0.926 bits per heavy atom. The van der Waals surface area contributed by atoms with Gasteiger partial charge < -0.3 is 15.2 Å². The van der Waals surface area contributed by atoms with Crippen LogP contribution in [0.1, 0.15) is 5.56 Å². The van der Waals surface area contributed by atoms with Gasteiger partial charge in [0, 0.05) is 11.1 Å². The Hall–Kier alpha value is -2.94. The van der Waals surface area contributed by atoms with Crippen molar-refractivity contribution in [3.63, 3.8) is 0 Å². The Bertz CT molecular complexity index is 1060. The van der Waals surface area contributed by atoms with E-state index >= 15 is 0 Å². The van der Waals surface area contributed by atoms with E-state index in [1.165, 1.54) is 0 Å². The molecule has 7 heteroatoms. The Balaban J connectivity index is 2.21. The SMILES string of the molecule is COc1ccc(-c2cc(-c3ccc(Cl)c(Cl)c3)c(C#N)c(N)n2)cc1OC. The van der Waals surface area contributed by atoms with Gasteiger partial charge in [0.15, 0.2) is 11.5 Å². The zero-order chi connectivity index (χ0) is 19.6. The molecule has 0 saturated carbocycles. The molecule has 0 unspecified atom stereocenters. The third-order valence-electron chi connectivity index (χ3n) is 4.07. The lowest BCUT2D eigenvalue weighted by atomic mass is 9.98. The van der Waals surface area contributed by atoms with Crippen molar-refractivity contribution >= 4 is 29.0 Å². The summed E-state index contributed by atoms with van der Waals surface area (Å²) in [6.45, 7) is 0. The second-order valence-electron chi connectivity index (χ2n) is 5.63. The van der Waals surface area contributed by atoms with Crippen molar-refractivity contribution in [2.45, 2.75) is 0 Å². The van der Waals surface area contributed by atoms with Crippen molar-refractivity contribution in [1.82, 2.24) is 4.98 Å². The number of nitrogens with zero attached hydrogens (tertiary/aromatic N) is 2. The summed E-state index contributed by atoms with van der Waals surface area (Å²) in [4.78, 5) is 4.37. The molecular weight excluding hydrogens is 385 g/mol. The van der Waals surface area contributed by atoms with E-state index in [0.717, 1.165) is 11.1 Å². The number of nitrogen functional groups attached to an aromatic ring is 1. The van der Waals surface area contributed by atoms with Gasteiger partial charge in [0.25, 0.3) is 0 Å². The lowest BCUT2D eigenvalue weighted by Gasteiger charge is -2.13. The van der Waals surface area contributed by atoms with E-state index in [1.54, 1.807) is 50.6 Å². The van der Waals surface area contributed by atoms with Gasteiger partial charge in [-0.3, -0.25) is 0 Å². The average Bonchev–Trinajstić information content (AvgIpc) is 2.68. The minimum atomic E-state index is 0.130. The number of methoxy groups -OCH3 is 2. The predicted molar refractivity (Wildman–Crippen MR) is 107 cm³/mol. The lowest BCUT2D eigenvalue weighted by Crippen LogP contribution is -2.00. The number of anilines is 1. The van der Waals surface area contributed by atoms with Gasteiger partial charge in [0.1, 0.15) is 17.5 Å². The topological polar surface area (TPSA) is 81.2 Å². The Morgan fingerprint density at radius 2 is 1.63 bits per heavy atom. The molecule has 0 aliphatic rings. The third-order valence-corrected chi connectivity index (χ3v) is 4.81. The summed E-state index contributed by atoms with van der Waals surface area (Å²) in [5, 5.41) is 10.4. The van der Waals surface area contributed by atoms with Crippen LogP contribution in [-0.2, 0) is 0 Å². The van der Waals surface area contributed by atoms with E-state index in [2.05, 4.69) is 11.1 Å². The zero-order valence-electron chi connectivity index (χ0n) is 14.6. The van der Waals surface area contributed by atoms with Crippen molar-refractivity contribution in [3.05, 3.63) is 58.1 Å². The van der Waals surface area contributed by atoms with Crippen LogP contribution in [0.4, 0.5) is 5.82 Å². The van der Waals surface area contributed by atoms with Crippen LogP contribution in [-0.4, -0.2) is 19.2 Å². The number of nitrogens with two attached hydrogens (primary N) is 1. The normalized spacial score (nSPS) is 10.3. The summed E-state index contributed by atoms with van der Waals surface area (Å²) in [6.07, 6.45) is 0. The number of nitriles is 1. The molecule has 0 aliphatic carbocycles. The van der Waals surface area contributed by atoms with E-state index < -0.39 is 0 Å². The van der Waals surface area contributed by atoms with Crippen molar-refractivity contribution in [2.75, 3.05) is 20.0 Å². The molecule has 27 heavy (non-hydrogen) atoms. The highest BCUT2D eigenvalue weighted by atomic mass is 35.5. The summed E-state index contributed by atoms with van der Waals surface area (Å²) in [5.74, 6) is 1.30. The standard InChI is InChI=1S/C20H15Cl2N3O2/c1-26-18-6-4-12(8-19(18)27-2)17-9-13(14(10-23)20(24)25-17)11-3-5-15(21)16(22)7-11/h3-9H,1-2H3,(H2,24,25). The maximum Gasteiger partial charge on any atom is 0.161 e. The molecule has 0 fully saturated rings. The van der Waals surface area contributed by atoms with Crippen molar-refractivity contribution < 1.29 is 9.47 Å². The summed E-state index contributed by atoms with van der Waals surface area (Å²) < 4.78 is 10.6. The Labute approximate surface area is 166 Å². The molecule has 2 N–H and O–H groups in total. The third kappa shape index (κ3) is 3.63. The molecule has 0 saturated heterocycles. The van der Waals surface area contributed by atoms with Crippen LogP contribution in [0, 0.1) is 11.3 Å². The molecule has 5 nitrogen and oxygen atoms in total. The molecule has 1 aromatic heterocycles.